The minimum Gasteiger partial charge on any atom is -0.308 e. The monoisotopic (exact) mass is 326 g/mol. The SMILES string of the molecule is CCCC(=O)C(C)(Cc1ccccc1)P(=O)(OCC)OCC. The lowest BCUT2D eigenvalue weighted by Gasteiger charge is -2.35. The lowest BCUT2D eigenvalue weighted by molar-refractivity contribution is -0.121. The molecule has 1 aromatic carbocycles. The van der Waals surface area contributed by atoms with E-state index in [4.69, 9.17) is 9.05 Å². The largest absolute Gasteiger partial charge is 0.344 e. The maximum Gasteiger partial charge on any atom is 0.344 e. The second-order valence-electron chi connectivity index (χ2n) is 5.44. The highest BCUT2D eigenvalue weighted by Gasteiger charge is 2.51. The molecule has 0 heterocycles. The minimum absolute atomic E-state index is 0.0657. The van der Waals surface area contributed by atoms with E-state index in [1.54, 1.807) is 20.8 Å². The van der Waals surface area contributed by atoms with E-state index < -0.39 is 12.8 Å². The molecule has 0 bridgehead atoms. The molecule has 5 heteroatoms. The number of rotatable bonds is 10. The molecule has 0 saturated heterocycles. The van der Waals surface area contributed by atoms with Gasteiger partial charge in [-0.25, -0.2) is 0 Å². The molecular formula is C17H27O4P. The lowest BCUT2D eigenvalue weighted by Crippen LogP contribution is -2.39. The molecule has 0 aliphatic rings. The molecule has 0 saturated carbocycles. The molecule has 0 fully saturated rings. The van der Waals surface area contributed by atoms with E-state index in [0.717, 1.165) is 5.56 Å². The minimum atomic E-state index is -3.54. The zero-order valence-electron chi connectivity index (χ0n) is 14.0. The highest BCUT2D eigenvalue weighted by molar-refractivity contribution is 7.56. The molecule has 0 radical (unpaired) electrons. The molecule has 1 unspecified atom stereocenters. The molecule has 0 amide bonds. The summed E-state index contributed by atoms with van der Waals surface area (Å²) in [5, 5.41) is -1.16. The summed E-state index contributed by atoms with van der Waals surface area (Å²) in [5.74, 6) is -0.0657. The van der Waals surface area contributed by atoms with Crippen molar-refractivity contribution in [3.05, 3.63) is 35.9 Å². The molecule has 1 atom stereocenters. The Balaban J connectivity index is 3.25. The van der Waals surface area contributed by atoms with Gasteiger partial charge in [0, 0.05) is 6.42 Å². The predicted octanol–water partition coefficient (Wildman–Crippen LogP) is 4.62. The van der Waals surface area contributed by atoms with Crippen molar-refractivity contribution in [2.75, 3.05) is 13.2 Å². The molecule has 0 aromatic heterocycles. The van der Waals surface area contributed by atoms with Gasteiger partial charge in [-0.05, 0) is 39.2 Å². The molecule has 22 heavy (non-hydrogen) atoms. The second-order valence-corrected chi connectivity index (χ2v) is 7.94. The van der Waals surface area contributed by atoms with Gasteiger partial charge < -0.3 is 9.05 Å². The zero-order valence-corrected chi connectivity index (χ0v) is 14.9. The summed E-state index contributed by atoms with van der Waals surface area (Å²) in [6.45, 7) is 7.68. The molecular weight excluding hydrogens is 299 g/mol. The Morgan fingerprint density at radius 1 is 1.09 bits per heavy atom. The molecule has 0 aliphatic heterocycles. The van der Waals surface area contributed by atoms with Crippen LogP contribution in [0.5, 0.6) is 0 Å². The standard InChI is InChI=1S/C17H27O4P/c1-5-11-16(18)17(4,14-15-12-9-8-10-13-15)22(19,20-6-2)21-7-3/h8-10,12-13H,5-7,11,14H2,1-4H3. The van der Waals surface area contributed by atoms with Crippen molar-refractivity contribution >= 4 is 13.4 Å². The Morgan fingerprint density at radius 2 is 1.64 bits per heavy atom. The van der Waals surface area contributed by atoms with Gasteiger partial charge in [0.1, 0.15) is 5.16 Å². The fourth-order valence-electron chi connectivity index (χ4n) is 2.50. The molecule has 1 aromatic rings. The van der Waals surface area contributed by atoms with Gasteiger partial charge >= 0.3 is 7.60 Å². The van der Waals surface area contributed by atoms with Crippen molar-refractivity contribution in [1.29, 1.82) is 0 Å². The average molecular weight is 326 g/mol. The topological polar surface area (TPSA) is 52.6 Å². The quantitative estimate of drug-likeness (QED) is 0.589. The Bertz CT molecular complexity index is 505. The molecule has 0 N–H and O–H groups in total. The zero-order chi connectivity index (χ0) is 16.6. The van der Waals surface area contributed by atoms with E-state index in [9.17, 15) is 9.36 Å². The Hall–Kier alpha value is -0.960. The van der Waals surface area contributed by atoms with E-state index >= 15 is 0 Å². The number of benzene rings is 1. The summed E-state index contributed by atoms with van der Waals surface area (Å²) in [6, 6.07) is 9.59. The van der Waals surface area contributed by atoms with Crippen molar-refractivity contribution < 1.29 is 18.4 Å². The van der Waals surface area contributed by atoms with Crippen LogP contribution in [-0.2, 0) is 24.8 Å². The van der Waals surface area contributed by atoms with Gasteiger partial charge in [-0.1, -0.05) is 37.3 Å². The second kappa shape index (κ2) is 8.61. The lowest BCUT2D eigenvalue weighted by atomic mass is 9.93. The van der Waals surface area contributed by atoms with Crippen LogP contribution in [0, 0.1) is 0 Å². The van der Waals surface area contributed by atoms with Gasteiger partial charge in [-0.15, -0.1) is 0 Å². The Morgan fingerprint density at radius 3 is 2.09 bits per heavy atom. The van der Waals surface area contributed by atoms with Crippen molar-refractivity contribution in [2.24, 2.45) is 0 Å². The molecule has 4 nitrogen and oxygen atoms in total. The average Bonchev–Trinajstić information content (AvgIpc) is 2.48. The van der Waals surface area contributed by atoms with Gasteiger partial charge in [-0.2, -0.15) is 0 Å². The first-order valence-electron chi connectivity index (χ1n) is 7.90. The summed E-state index contributed by atoms with van der Waals surface area (Å²) >= 11 is 0. The van der Waals surface area contributed by atoms with Crippen LogP contribution >= 0.6 is 7.60 Å². The molecule has 0 aliphatic carbocycles. The summed E-state index contributed by atoms with van der Waals surface area (Å²) in [5.41, 5.74) is 0.953. The van der Waals surface area contributed by atoms with Crippen molar-refractivity contribution in [1.82, 2.24) is 0 Å². The van der Waals surface area contributed by atoms with Crippen molar-refractivity contribution in [2.45, 2.75) is 52.1 Å². The van der Waals surface area contributed by atoms with Crippen LogP contribution in [-0.4, -0.2) is 24.2 Å². The predicted molar refractivity (Wildman–Crippen MR) is 89.3 cm³/mol. The third-order valence-electron chi connectivity index (χ3n) is 3.67. The third-order valence-corrected chi connectivity index (χ3v) is 6.48. The van der Waals surface area contributed by atoms with Crippen LogP contribution in [0.3, 0.4) is 0 Å². The van der Waals surface area contributed by atoms with E-state index in [1.807, 2.05) is 37.3 Å². The van der Waals surface area contributed by atoms with Crippen LogP contribution in [0.25, 0.3) is 0 Å². The highest BCUT2D eigenvalue weighted by atomic mass is 31.2. The fourth-order valence-corrected chi connectivity index (χ4v) is 4.62. The van der Waals surface area contributed by atoms with Gasteiger partial charge in [0.05, 0.1) is 13.2 Å². The Labute approximate surface area is 133 Å². The van der Waals surface area contributed by atoms with Gasteiger partial charge in [-0.3, -0.25) is 9.36 Å². The first kappa shape index (κ1) is 19.1. The van der Waals surface area contributed by atoms with Crippen LogP contribution in [0.1, 0.15) is 46.1 Å². The number of ketones is 1. The number of Topliss-reactive ketones (excluding diaryl/α,β-unsaturated/α-hetero) is 1. The first-order valence-corrected chi connectivity index (χ1v) is 9.44. The summed E-state index contributed by atoms with van der Waals surface area (Å²) in [4.78, 5) is 12.7. The smallest absolute Gasteiger partial charge is 0.308 e. The van der Waals surface area contributed by atoms with Crippen LogP contribution in [0.2, 0.25) is 0 Å². The van der Waals surface area contributed by atoms with E-state index in [0.29, 0.717) is 19.3 Å². The summed E-state index contributed by atoms with van der Waals surface area (Å²) in [7, 11) is -3.54. The van der Waals surface area contributed by atoms with Crippen LogP contribution in [0.4, 0.5) is 0 Å². The first-order chi connectivity index (χ1) is 10.4. The van der Waals surface area contributed by atoms with E-state index in [2.05, 4.69) is 0 Å². The van der Waals surface area contributed by atoms with Gasteiger partial charge in [0.2, 0.25) is 0 Å². The molecule has 124 valence electrons. The van der Waals surface area contributed by atoms with Gasteiger partial charge in [0.25, 0.3) is 0 Å². The van der Waals surface area contributed by atoms with Crippen molar-refractivity contribution in [3.63, 3.8) is 0 Å². The van der Waals surface area contributed by atoms with Crippen molar-refractivity contribution in [3.8, 4) is 0 Å². The third kappa shape index (κ3) is 4.28. The van der Waals surface area contributed by atoms with Gasteiger partial charge in [0.15, 0.2) is 5.78 Å². The number of carbonyl (C=O) groups excluding carboxylic acids is 1. The number of hydrogen-bond donors (Lipinski definition) is 0. The summed E-state index contributed by atoms with van der Waals surface area (Å²) in [6.07, 6.45) is 1.43. The maximum atomic E-state index is 13.3. The molecule has 1 rings (SSSR count). The normalized spacial score (nSPS) is 14.5. The van der Waals surface area contributed by atoms with E-state index in [1.165, 1.54) is 0 Å². The Kier molecular flexibility index (Phi) is 7.47. The number of hydrogen-bond acceptors (Lipinski definition) is 4. The maximum absolute atomic E-state index is 13.3. The number of carbonyl (C=O) groups is 1. The summed E-state index contributed by atoms with van der Waals surface area (Å²) < 4.78 is 24.3. The molecule has 0 spiro atoms. The highest BCUT2D eigenvalue weighted by Crippen LogP contribution is 2.61. The van der Waals surface area contributed by atoms with E-state index in [-0.39, 0.29) is 19.0 Å². The fraction of sp³-hybridized carbons (Fsp3) is 0.588. The van der Waals surface area contributed by atoms with Crippen LogP contribution in [0.15, 0.2) is 30.3 Å². The van der Waals surface area contributed by atoms with Crippen LogP contribution < -0.4 is 0 Å².